The van der Waals surface area contributed by atoms with Crippen LogP contribution in [0.2, 0.25) is 0 Å². The molecule has 0 saturated heterocycles. The Morgan fingerprint density at radius 3 is 1.93 bits per heavy atom. The summed E-state index contributed by atoms with van der Waals surface area (Å²) in [7, 11) is 1.65. The summed E-state index contributed by atoms with van der Waals surface area (Å²) < 4.78 is 5.52. The molecule has 41 heavy (non-hydrogen) atoms. The van der Waals surface area contributed by atoms with Gasteiger partial charge in [-0.05, 0) is 110 Å². The fourth-order valence-corrected chi connectivity index (χ4v) is 5.50. The highest BCUT2D eigenvalue weighted by Crippen LogP contribution is 2.28. The molecule has 0 aliphatic heterocycles. The molecule has 0 saturated carbocycles. The zero-order valence-corrected chi connectivity index (χ0v) is 23.8. The number of aryl methyl sites for hydroxylation is 4. The monoisotopic (exact) mass is 545 g/mol. The molecule has 0 radical (unpaired) electrons. The number of methoxy groups -OCH3 is 1. The van der Waals surface area contributed by atoms with Crippen LogP contribution >= 0.6 is 0 Å². The average molecular weight is 546 g/mol. The Bertz CT molecular complexity index is 1550. The molecule has 0 fully saturated rings. The average Bonchev–Trinajstić information content (AvgIpc) is 3.67. The molecular formula is C33H35N7O. The van der Waals surface area contributed by atoms with Crippen LogP contribution in [0, 0.1) is 0 Å². The summed E-state index contributed by atoms with van der Waals surface area (Å²) in [4.78, 5) is 9.31. The van der Waals surface area contributed by atoms with Crippen LogP contribution in [0.4, 0.5) is 23.3 Å². The standard InChI is InChI=1S/C33H35N7O/c1-21(25-16-14-23-8-6-10-27(23)18-25)37-39-32-20-31(34-29-12-4-5-13-30(29)41-3)35-33(36-32)40-38-22(2)26-17-15-24-9-7-11-28(24)19-26/h4-5,12-20H,6-11H2,1-3H3,(H3,34,35,36,39,40). The molecule has 8 nitrogen and oxygen atoms in total. The molecule has 1 heterocycles. The maximum atomic E-state index is 5.52. The second-order valence-electron chi connectivity index (χ2n) is 10.6. The number of hydrazone groups is 2. The van der Waals surface area contributed by atoms with Crippen LogP contribution in [-0.2, 0) is 25.7 Å². The SMILES string of the molecule is COc1ccccc1Nc1cc(NN=C(C)c2ccc3c(c2)CCC3)nc(NN=C(C)c2ccc3c(c2)CCC3)n1. The molecule has 6 rings (SSSR count). The third-order valence-corrected chi connectivity index (χ3v) is 7.79. The highest BCUT2D eigenvalue weighted by molar-refractivity contribution is 6.00. The van der Waals surface area contributed by atoms with Crippen molar-refractivity contribution < 1.29 is 4.74 Å². The van der Waals surface area contributed by atoms with Crippen molar-refractivity contribution >= 4 is 34.7 Å². The van der Waals surface area contributed by atoms with E-state index in [9.17, 15) is 0 Å². The fraction of sp³-hybridized carbons (Fsp3) is 0.273. The first-order valence-corrected chi connectivity index (χ1v) is 14.2. The Morgan fingerprint density at radius 2 is 1.27 bits per heavy atom. The van der Waals surface area contributed by atoms with Crippen LogP contribution in [0.1, 0.15) is 60.1 Å². The summed E-state index contributed by atoms with van der Waals surface area (Å²) in [5.41, 5.74) is 16.7. The predicted molar refractivity (Wildman–Crippen MR) is 167 cm³/mol. The molecule has 2 aliphatic carbocycles. The van der Waals surface area contributed by atoms with E-state index < -0.39 is 0 Å². The van der Waals surface area contributed by atoms with Crippen molar-refractivity contribution in [2.24, 2.45) is 10.2 Å². The minimum absolute atomic E-state index is 0.346. The number of hydrogen-bond donors (Lipinski definition) is 3. The number of benzene rings is 3. The predicted octanol–water partition coefficient (Wildman–Crippen LogP) is 6.88. The minimum atomic E-state index is 0.346. The van der Waals surface area contributed by atoms with Crippen LogP contribution < -0.4 is 20.9 Å². The lowest BCUT2D eigenvalue weighted by molar-refractivity contribution is 0.417. The van der Waals surface area contributed by atoms with E-state index in [4.69, 9.17) is 4.74 Å². The summed E-state index contributed by atoms with van der Waals surface area (Å²) >= 11 is 0. The van der Waals surface area contributed by atoms with Crippen molar-refractivity contribution in [1.82, 2.24) is 9.97 Å². The van der Waals surface area contributed by atoms with Crippen molar-refractivity contribution in [1.29, 1.82) is 0 Å². The number of hydrogen-bond acceptors (Lipinski definition) is 8. The first kappa shape index (κ1) is 26.5. The van der Waals surface area contributed by atoms with Gasteiger partial charge in [0.2, 0.25) is 5.95 Å². The van der Waals surface area contributed by atoms with E-state index in [2.05, 4.69) is 72.7 Å². The molecule has 208 valence electrons. The van der Waals surface area contributed by atoms with Gasteiger partial charge in [0.25, 0.3) is 0 Å². The molecule has 0 unspecified atom stereocenters. The van der Waals surface area contributed by atoms with Crippen LogP contribution in [0.25, 0.3) is 0 Å². The zero-order valence-electron chi connectivity index (χ0n) is 23.8. The largest absolute Gasteiger partial charge is 0.495 e. The number of fused-ring (bicyclic) bond motifs is 2. The molecule has 2 aliphatic rings. The Labute approximate surface area is 241 Å². The second kappa shape index (κ2) is 11.8. The maximum Gasteiger partial charge on any atom is 0.247 e. The first-order valence-electron chi connectivity index (χ1n) is 14.2. The van der Waals surface area contributed by atoms with E-state index >= 15 is 0 Å². The smallest absolute Gasteiger partial charge is 0.247 e. The molecule has 0 spiro atoms. The van der Waals surface area contributed by atoms with Crippen molar-refractivity contribution in [3.8, 4) is 5.75 Å². The van der Waals surface area contributed by atoms with Gasteiger partial charge in [0.15, 0.2) is 5.82 Å². The number of nitrogens with one attached hydrogen (secondary N) is 3. The van der Waals surface area contributed by atoms with Gasteiger partial charge in [0.1, 0.15) is 11.6 Å². The van der Waals surface area contributed by atoms with Gasteiger partial charge >= 0.3 is 0 Å². The summed E-state index contributed by atoms with van der Waals surface area (Å²) in [5.74, 6) is 2.17. The number of para-hydroxylation sites is 2. The quantitative estimate of drug-likeness (QED) is 0.157. The van der Waals surface area contributed by atoms with E-state index in [0.717, 1.165) is 53.9 Å². The Hall–Kier alpha value is -4.72. The van der Waals surface area contributed by atoms with E-state index in [1.165, 1.54) is 35.1 Å². The summed E-state index contributed by atoms with van der Waals surface area (Å²) in [5, 5.41) is 12.6. The topological polar surface area (TPSA) is 95.8 Å². The first-order chi connectivity index (χ1) is 20.1. The molecule has 0 atom stereocenters. The lowest BCUT2D eigenvalue weighted by atomic mass is 10.0. The van der Waals surface area contributed by atoms with Gasteiger partial charge in [-0.25, -0.2) is 5.43 Å². The highest BCUT2D eigenvalue weighted by Gasteiger charge is 2.14. The van der Waals surface area contributed by atoms with Crippen LogP contribution in [0.5, 0.6) is 5.75 Å². The molecule has 3 aromatic carbocycles. The fourth-order valence-electron chi connectivity index (χ4n) is 5.50. The zero-order chi connectivity index (χ0) is 28.2. The third kappa shape index (κ3) is 6.06. The van der Waals surface area contributed by atoms with Crippen LogP contribution in [0.15, 0.2) is 76.9 Å². The van der Waals surface area contributed by atoms with E-state index in [0.29, 0.717) is 23.3 Å². The number of aromatic nitrogens is 2. The molecular weight excluding hydrogens is 510 g/mol. The molecule has 8 heteroatoms. The van der Waals surface area contributed by atoms with Crippen molar-refractivity contribution in [3.63, 3.8) is 0 Å². The van der Waals surface area contributed by atoms with Crippen LogP contribution in [0.3, 0.4) is 0 Å². The summed E-state index contributed by atoms with van der Waals surface area (Å²) in [6.45, 7) is 3.99. The second-order valence-corrected chi connectivity index (χ2v) is 10.6. The lowest BCUT2D eigenvalue weighted by Gasteiger charge is -2.13. The van der Waals surface area contributed by atoms with E-state index in [1.807, 2.05) is 44.2 Å². The summed E-state index contributed by atoms with van der Waals surface area (Å²) in [6.07, 6.45) is 7.03. The van der Waals surface area contributed by atoms with Gasteiger partial charge < -0.3 is 10.1 Å². The Kier molecular flexibility index (Phi) is 7.63. The van der Waals surface area contributed by atoms with Crippen molar-refractivity contribution in [2.75, 3.05) is 23.3 Å². The van der Waals surface area contributed by atoms with E-state index in [-0.39, 0.29) is 0 Å². The number of anilines is 4. The number of nitrogens with zero attached hydrogens (tertiary/aromatic N) is 4. The Balaban J connectivity index is 1.26. The van der Waals surface area contributed by atoms with Gasteiger partial charge in [-0.1, -0.05) is 36.4 Å². The van der Waals surface area contributed by atoms with Gasteiger partial charge in [-0.2, -0.15) is 20.2 Å². The minimum Gasteiger partial charge on any atom is -0.495 e. The van der Waals surface area contributed by atoms with E-state index in [1.54, 1.807) is 7.11 Å². The van der Waals surface area contributed by atoms with Crippen molar-refractivity contribution in [3.05, 3.63) is 100 Å². The molecule has 0 amide bonds. The van der Waals surface area contributed by atoms with Gasteiger partial charge in [-0.3, -0.25) is 5.43 Å². The van der Waals surface area contributed by atoms with Crippen LogP contribution in [-0.4, -0.2) is 28.5 Å². The lowest BCUT2D eigenvalue weighted by Crippen LogP contribution is -2.07. The highest BCUT2D eigenvalue weighted by atomic mass is 16.5. The molecule has 0 bridgehead atoms. The third-order valence-electron chi connectivity index (χ3n) is 7.79. The molecule has 4 aromatic rings. The van der Waals surface area contributed by atoms with Gasteiger partial charge in [-0.15, -0.1) is 0 Å². The molecule has 1 aromatic heterocycles. The maximum absolute atomic E-state index is 5.52. The van der Waals surface area contributed by atoms with Gasteiger partial charge in [0.05, 0.1) is 24.2 Å². The number of ether oxygens (including phenoxy) is 1. The number of rotatable bonds is 9. The molecule has 3 N–H and O–H groups in total. The normalized spacial score (nSPS) is 14.4. The van der Waals surface area contributed by atoms with Crippen molar-refractivity contribution in [2.45, 2.75) is 52.4 Å². The summed E-state index contributed by atoms with van der Waals surface area (Å²) in [6, 6.07) is 22.7. The van der Waals surface area contributed by atoms with Gasteiger partial charge in [0, 0.05) is 6.07 Å². The Morgan fingerprint density at radius 1 is 0.683 bits per heavy atom.